The Morgan fingerprint density at radius 1 is 1.03 bits per heavy atom. The first kappa shape index (κ1) is 22.3. The molecule has 0 spiro atoms. The molecule has 0 unspecified atom stereocenters. The number of likely N-dealkylation sites (tertiary alicyclic amines) is 1. The van der Waals surface area contributed by atoms with E-state index in [0.717, 1.165) is 42.6 Å². The molecule has 0 atom stereocenters. The maximum absolute atomic E-state index is 12.5. The van der Waals surface area contributed by atoms with Gasteiger partial charge in [-0.3, -0.25) is 14.0 Å². The number of nitrogens with zero attached hydrogens (tertiary/aromatic N) is 2. The van der Waals surface area contributed by atoms with Crippen LogP contribution in [0.15, 0.2) is 42.5 Å². The van der Waals surface area contributed by atoms with Crippen molar-refractivity contribution in [2.45, 2.75) is 39.8 Å². The average Bonchev–Trinajstić information content (AvgIpc) is 3.20. The number of rotatable bonds is 8. The Morgan fingerprint density at radius 3 is 2.30 bits per heavy atom. The van der Waals surface area contributed by atoms with Crippen LogP contribution in [0.5, 0.6) is 0 Å². The average molecular weight is 430 g/mol. The number of sulfonamides is 1. The molecule has 0 aromatic heterocycles. The molecule has 30 heavy (non-hydrogen) atoms. The highest BCUT2D eigenvalue weighted by Gasteiger charge is 2.22. The van der Waals surface area contributed by atoms with Gasteiger partial charge in [0.15, 0.2) is 0 Å². The number of aryl methyl sites for hydroxylation is 1. The Bertz CT molecular complexity index is 981. The van der Waals surface area contributed by atoms with Crippen LogP contribution in [-0.2, 0) is 27.9 Å². The van der Waals surface area contributed by atoms with Crippen LogP contribution in [0.3, 0.4) is 0 Å². The van der Waals surface area contributed by atoms with Gasteiger partial charge in [-0.05, 0) is 68.1 Å². The fourth-order valence-electron chi connectivity index (χ4n) is 3.74. The zero-order valence-electron chi connectivity index (χ0n) is 18.0. The fourth-order valence-corrected chi connectivity index (χ4v) is 4.64. The lowest BCUT2D eigenvalue weighted by molar-refractivity contribution is -0.119. The maximum Gasteiger partial charge on any atom is 0.241 e. The molecular formula is C23H31N3O3S. The van der Waals surface area contributed by atoms with Gasteiger partial charge < -0.3 is 5.32 Å². The van der Waals surface area contributed by atoms with E-state index in [-0.39, 0.29) is 12.5 Å². The summed E-state index contributed by atoms with van der Waals surface area (Å²) < 4.78 is 25.8. The van der Waals surface area contributed by atoms with E-state index in [1.165, 1.54) is 22.7 Å². The third-order valence-electron chi connectivity index (χ3n) is 5.65. The van der Waals surface area contributed by atoms with Crippen molar-refractivity contribution in [2.75, 3.05) is 30.2 Å². The third kappa shape index (κ3) is 5.83. The minimum absolute atomic E-state index is 0.240. The lowest BCUT2D eigenvalue weighted by Gasteiger charge is -2.24. The number of hydrogen-bond acceptors (Lipinski definition) is 4. The first-order valence-electron chi connectivity index (χ1n) is 10.3. The third-order valence-corrected chi connectivity index (χ3v) is 6.78. The van der Waals surface area contributed by atoms with Crippen molar-refractivity contribution < 1.29 is 13.2 Å². The summed E-state index contributed by atoms with van der Waals surface area (Å²) in [5.74, 6) is -0.331. The van der Waals surface area contributed by atoms with Crippen LogP contribution >= 0.6 is 0 Å². The summed E-state index contributed by atoms with van der Waals surface area (Å²) in [5.41, 5.74) is 4.63. The molecule has 1 saturated heterocycles. The number of anilines is 1. The number of benzene rings is 2. The minimum Gasteiger partial charge on any atom is -0.350 e. The Labute approximate surface area is 179 Å². The van der Waals surface area contributed by atoms with Gasteiger partial charge in [0, 0.05) is 13.1 Å². The van der Waals surface area contributed by atoms with Gasteiger partial charge in [-0.2, -0.15) is 0 Å². The summed E-state index contributed by atoms with van der Waals surface area (Å²) in [4.78, 5) is 15.0. The quantitative estimate of drug-likeness (QED) is 0.700. The van der Waals surface area contributed by atoms with Crippen molar-refractivity contribution in [3.8, 4) is 0 Å². The van der Waals surface area contributed by atoms with Crippen molar-refractivity contribution in [2.24, 2.45) is 0 Å². The standard InChI is InChI=1S/C23H31N3O3S/c1-18-7-6-8-22(19(18)2)26(30(3,28)29)17-23(27)24-15-20-9-11-21(12-10-20)16-25-13-4-5-14-25/h6-12H,4-5,13-17H2,1-3H3,(H,24,27). The number of hydrogen-bond donors (Lipinski definition) is 1. The molecule has 0 radical (unpaired) electrons. The second kappa shape index (κ2) is 9.62. The molecule has 6 nitrogen and oxygen atoms in total. The van der Waals surface area contributed by atoms with E-state index in [1.807, 2.05) is 32.0 Å². The van der Waals surface area contributed by atoms with Crippen LogP contribution in [0, 0.1) is 13.8 Å². The number of nitrogens with one attached hydrogen (secondary N) is 1. The molecule has 0 aliphatic carbocycles. The molecule has 1 N–H and O–H groups in total. The molecule has 2 aromatic rings. The predicted octanol–water partition coefficient (Wildman–Crippen LogP) is 2.98. The molecule has 1 amide bonds. The SMILES string of the molecule is Cc1cccc(N(CC(=O)NCc2ccc(CN3CCCC3)cc2)S(C)(=O)=O)c1C. The monoisotopic (exact) mass is 429 g/mol. The Morgan fingerprint density at radius 2 is 1.67 bits per heavy atom. The lowest BCUT2D eigenvalue weighted by atomic mass is 10.1. The minimum atomic E-state index is -3.58. The van der Waals surface area contributed by atoms with E-state index in [2.05, 4.69) is 22.3 Å². The van der Waals surface area contributed by atoms with Gasteiger partial charge in [0.25, 0.3) is 0 Å². The lowest BCUT2D eigenvalue weighted by Crippen LogP contribution is -2.40. The van der Waals surface area contributed by atoms with Gasteiger partial charge >= 0.3 is 0 Å². The van der Waals surface area contributed by atoms with E-state index < -0.39 is 10.0 Å². The summed E-state index contributed by atoms with van der Waals surface area (Å²) in [6.45, 7) is 7.20. The van der Waals surface area contributed by atoms with Gasteiger partial charge in [0.1, 0.15) is 6.54 Å². The second-order valence-corrected chi connectivity index (χ2v) is 9.97. The van der Waals surface area contributed by atoms with Crippen molar-refractivity contribution in [3.63, 3.8) is 0 Å². The predicted molar refractivity (Wildman–Crippen MR) is 121 cm³/mol. The molecule has 162 valence electrons. The number of amides is 1. The first-order chi connectivity index (χ1) is 14.2. The molecule has 7 heteroatoms. The summed E-state index contributed by atoms with van der Waals surface area (Å²) >= 11 is 0. The van der Waals surface area contributed by atoms with E-state index >= 15 is 0 Å². The molecule has 1 aliphatic rings. The zero-order valence-corrected chi connectivity index (χ0v) is 18.8. The van der Waals surface area contributed by atoms with Gasteiger partial charge in [-0.15, -0.1) is 0 Å². The Balaban J connectivity index is 1.60. The molecule has 1 heterocycles. The van der Waals surface area contributed by atoms with E-state index in [4.69, 9.17) is 0 Å². The van der Waals surface area contributed by atoms with Gasteiger partial charge in [-0.25, -0.2) is 8.42 Å². The largest absolute Gasteiger partial charge is 0.350 e. The van der Waals surface area contributed by atoms with Crippen LogP contribution < -0.4 is 9.62 Å². The second-order valence-electron chi connectivity index (χ2n) is 8.07. The smallest absolute Gasteiger partial charge is 0.241 e. The highest BCUT2D eigenvalue weighted by molar-refractivity contribution is 7.92. The number of carbonyl (C=O) groups is 1. The summed E-state index contributed by atoms with van der Waals surface area (Å²) in [6.07, 6.45) is 3.68. The number of carbonyl (C=O) groups excluding carboxylic acids is 1. The Kier molecular flexibility index (Phi) is 7.15. The molecule has 0 saturated carbocycles. The summed E-state index contributed by atoms with van der Waals surface area (Å²) in [5, 5.41) is 2.84. The van der Waals surface area contributed by atoms with Gasteiger partial charge in [0.2, 0.25) is 15.9 Å². The van der Waals surface area contributed by atoms with E-state index in [0.29, 0.717) is 12.2 Å². The van der Waals surface area contributed by atoms with Gasteiger partial charge in [0.05, 0.1) is 11.9 Å². The molecule has 1 fully saturated rings. The molecule has 1 aliphatic heterocycles. The van der Waals surface area contributed by atoms with Crippen molar-refractivity contribution in [1.82, 2.24) is 10.2 Å². The van der Waals surface area contributed by atoms with Crippen molar-refractivity contribution in [3.05, 3.63) is 64.7 Å². The molecule has 3 rings (SSSR count). The summed E-state index contributed by atoms with van der Waals surface area (Å²) in [6, 6.07) is 13.7. The Hall–Kier alpha value is -2.38. The highest BCUT2D eigenvalue weighted by atomic mass is 32.2. The molecular weight excluding hydrogens is 398 g/mol. The van der Waals surface area contributed by atoms with E-state index in [9.17, 15) is 13.2 Å². The fraction of sp³-hybridized carbons (Fsp3) is 0.435. The zero-order chi connectivity index (χ0) is 21.7. The molecule has 0 bridgehead atoms. The van der Waals surface area contributed by atoms with E-state index in [1.54, 1.807) is 12.1 Å². The van der Waals surface area contributed by atoms with Crippen LogP contribution in [0.4, 0.5) is 5.69 Å². The topological polar surface area (TPSA) is 69.7 Å². The summed E-state index contributed by atoms with van der Waals surface area (Å²) in [7, 11) is -3.58. The van der Waals surface area contributed by atoms with Crippen molar-refractivity contribution >= 4 is 21.6 Å². The normalized spacial score (nSPS) is 14.6. The van der Waals surface area contributed by atoms with Crippen LogP contribution in [-0.4, -0.2) is 45.1 Å². The van der Waals surface area contributed by atoms with Crippen LogP contribution in [0.1, 0.15) is 35.1 Å². The van der Waals surface area contributed by atoms with Crippen molar-refractivity contribution in [1.29, 1.82) is 0 Å². The first-order valence-corrected chi connectivity index (χ1v) is 12.2. The maximum atomic E-state index is 12.5. The van der Waals surface area contributed by atoms with Crippen LogP contribution in [0.2, 0.25) is 0 Å². The van der Waals surface area contributed by atoms with Crippen LogP contribution in [0.25, 0.3) is 0 Å². The molecule has 2 aromatic carbocycles. The van der Waals surface area contributed by atoms with Gasteiger partial charge in [-0.1, -0.05) is 36.4 Å². The highest BCUT2D eigenvalue weighted by Crippen LogP contribution is 2.24.